The number of carbonyl (C=O) groups is 1. The van der Waals surface area contributed by atoms with Gasteiger partial charge in [-0.3, -0.25) is 9.10 Å². The van der Waals surface area contributed by atoms with Gasteiger partial charge < -0.3 is 9.67 Å². The lowest BCUT2D eigenvalue weighted by molar-refractivity contribution is -0.139. The predicted molar refractivity (Wildman–Crippen MR) is 83.9 cm³/mol. The minimum atomic E-state index is -3.82. The van der Waals surface area contributed by atoms with Crippen molar-refractivity contribution >= 4 is 21.7 Å². The van der Waals surface area contributed by atoms with E-state index in [1.54, 1.807) is 42.8 Å². The van der Waals surface area contributed by atoms with Crippen molar-refractivity contribution < 1.29 is 18.3 Å². The van der Waals surface area contributed by atoms with Gasteiger partial charge in [-0.15, -0.1) is 0 Å². The minimum absolute atomic E-state index is 0.0268. The fraction of sp³-hybridized carbons (Fsp3) is 0.333. The summed E-state index contributed by atoms with van der Waals surface area (Å²) in [6.45, 7) is 1.84. The molecular weight excluding hydrogens is 318 g/mol. The van der Waals surface area contributed by atoms with Crippen molar-refractivity contribution in [1.82, 2.24) is 9.55 Å². The number of nitrogens with zero attached hydrogens (tertiary/aromatic N) is 3. The number of aryl methyl sites for hydroxylation is 2. The summed E-state index contributed by atoms with van der Waals surface area (Å²) in [6, 6.07) is 6.72. The summed E-state index contributed by atoms with van der Waals surface area (Å²) in [5, 5.41) is 9.32. The first kappa shape index (κ1) is 15.5. The normalized spacial score (nSPS) is 17.8. The molecule has 0 spiro atoms. The smallest absolute Gasteiger partial charge is 0.311 e. The van der Waals surface area contributed by atoms with Crippen LogP contribution in [0.5, 0.6) is 0 Å². The van der Waals surface area contributed by atoms with Gasteiger partial charge in [0.2, 0.25) is 0 Å². The minimum Gasteiger partial charge on any atom is -0.481 e. The van der Waals surface area contributed by atoms with Crippen LogP contribution in [0, 0.1) is 6.92 Å². The average molecular weight is 335 g/mol. The van der Waals surface area contributed by atoms with E-state index in [2.05, 4.69) is 4.98 Å². The molecule has 3 rings (SSSR count). The molecule has 0 bridgehead atoms. The van der Waals surface area contributed by atoms with E-state index < -0.39 is 21.9 Å². The summed E-state index contributed by atoms with van der Waals surface area (Å²) in [6.07, 6.45) is 1.70. The second-order valence-electron chi connectivity index (χ2n) is 5.55. The Morgan fingerprint density at radius 2 is 2.04 bits per heavy atom. The molecule has 0 saturated carbocycles. The number of aromatic nitrogens is 2. The Bertz CT molecular complexity index is 853. The number of para-hydroxylation sites is 1. The second kappa shape index (κ2) is 5.38. The number of rotatable bonds is 3. The van der Waals surface area contributed by atoms with E-state index in [1.807, 2.05) is 0 Å². The maximum Gasteiger partial charge on any atom is 0.311 e. The molecule has 0 saturated heterocycles. The highest BCUT2D eigenvalue weighted by molar-refractivity contribution is 7.92. The average Bonchev–Trinajstić information content (AvgIpc) is 2.86. The van der Waals surface area contributed by atoms with Crippen LogP contribution in [0.25, 0.3) is 0 Å². The van der Waals surface area contributed by atoms with E-state index in [0.717, 1.165) is 0 Å². The molecule has 0 radical (unpaired) electrons. The van der Waals surface area contributed by atoms with Gasteiger partial charge in [0.15, 0.2) is 5.03 Å². The number of fused-ring (bicyclic) bond motifs is 1. The molecule has 0 amide bonds. The quantitative estimate of drug-likeness (QED) is 0.917. The van der Waals surface area contributed by atoms with Crippen molar-refractivity contribution in [3.05, 3.63) is 41.9 Å². The molecule has 2 aromatic rings. The SMILES string of the molecule is Cc1nc(S(=O)(=O)N2CCC(C(=O)O)c3ccccc32)cn1C. The maximum atomic E-state index is 12.9. The van der Waals surface area contributed by atoms with Crippen LogP contribution in [0.1, 0.15) is 23.7 Å². The number of carboxylic acid groups (broad SMARTS) is 1. The Hall–Kier alpha value is -2.35. The van der Waals surface area contributed by atoms with Crippen LogP contribution in [0.3, 0.4) is 0 Å². The summed E-state index contributed by atoms with van der Waals surface area (Å²) < 4.78 is 28.7. The Labute approximate surface area is 134 Å². The first-order valence-corrected chi connectivity index (χ1v) is 8.61. The summed E-state index contributed by atoms with van der Waals surface area (Å²) in [4.78, 5) is 15.5. The molecule has 1 aromatic carbocycles. The molecule has 1 aromatic heterocycles. The third kappa shape index (κ3) is 2.48. The highest BCUT2D eigenvalue weighted by Crippen LogP contribution is 2.38. The van der Waals surface area contributed by atoms with E-state index in [-0.39, 0.29) is 18.0 Å². The summed E-state index contributed by atoms with van der Waals surface area (Å²) >= 11 is 0. The Kier molecular flexibility index (Phi) is 3.63. The van der Waals surface area contributed by atoms with Gasteiger partial charge in [0.05, 0.1) is 11.6 Å². The molecule has 1 unspecified atom stereocenters. The summed E-state index contributed by atoms with van der Waals surface area (Å²) in [5.41, 5.74) is 0.928. The molecule has 1 aliphatic heterocycles. The number of imidazole rings is 1. The molecule has 0 aliphatic carbocycles. The van der Waals surface area contributed by atoms with E-state index in [9.17, 15) is 18.3 Å². The van der Waals surface area contributed by atoms with Gasteiger partial charge in [-0.1, -0.05) is 18.2 Å². The van der Waals surface area contributed by atoms with E-state index in [4.69, 9.17) is 0 Å². The van der Waals surface area contributed by atoms with Crippen LogP contribution in [-0.2, 0) is 21.9 Å². The number of hydrogen-bond donors (Lipinski definition) is 1. The molecular formula is C15H17N3O4S. The summed E-state index contributed by atoms with van der Waals surface area (Å²) in [7, 11) is -2.09. The lowest BCUT2D eigenvalue weighted by Crippen LogP contribution is -2.38. The molecule has 23 heavy (non-hydrogen) atoms. The van der Waals surface area contributed by atoms with Crippen LogP contribution in [-0.4, -0.2) is 35.6 Å². The van der Waals surface area contributed by atoms with Crippen LogP contribution in [0.4, 0.5) is 5.69 Å². The monoisotopic (exact) mass is 335 g/mol. The fourth-order valence-corrected chi connectivity index (χ4v) is 4.34. The molecule has 0 fully saturated rings. The van der Waals surface area contributed by atoms with Gasteiger partial charge in [0.1, 0.15) is 5.82 Å². The van der Waals surface area contributed by atoms with E-state index in [0.29, 0.717) is 17.1 Å². The number of anilines is 1. The van der Waals surface area contributed by atoms with Crippen LogP contribution >= 0.6 is 0 Å². The van der Waals surface area contributed by atoms with Gasteiger partial charge in [-0.25, -0.2) is 4.98 Å². The molecule has 122 valence electrons. The van der Waals surface area contributed by atoms with E-state index >= 15 is 0 Å². The molecule has 1 aliphatic rings. The van der Waals surface area contributed by atoms with Crippen LogP contribution < -0.4 is 4.31 Å². The highest BCUT2D eigenvalue weighted by Gasteiger charge is 2.36. The highest BCUT2D eigenvalue weighted by atomic mass is 32.2. The van der Waals surface area contributed by atoms with Crippen molar-refractivity contribution in [3.63, 3.8) is 0 Å². The van der Waals surface area contributed by atoms with Gasteiger partial charge in [0, 0.05) is 19.8 Å². The Morgan fingerprint density at radius 1 is 1.35 bits per heavy atom. The van der Waals surface area contributed by atoms with Crippen molar-refractivity contribution in [1.29, 1.82) is 0 Å². The van der Waals surface area contributed by atoms with Gasteiger partial charge in [-0.2, -0.15) is 8.42 Å². The fourth-order valence-electron chi connectivity index (χ4n) is 2.80. The van der Waals surface area contributed by atoms with Gasteiger partial charge in [0.25, 0.3) is 10.0 Å². The van der Waals surface area contributed by atoms with E-state index in [1.165, 1.54) is 10.5 Å². The number of benzene rings is 1. The third-order valence-electron chi connectivity index (χ3n) is 4.14. The molecule has 1 N–H and O–H groups in total. The zero-order valence-electron chi connectivity index (χ0n) is 12.8. The number of hydrogen-bond acceptors (Lipinski definition) is 4. The van der Waals surface area contributed by atoms with Gasteiger partial charge >= 0.3 is 5.97 Å². The van der Waals surface area contributed by atoms with Crippen molar-refractivity contribution in [2.24, 2.45) is 7.05 Å². The summed E-state index contributed by atoms with van der Waals surface area (Å²) in [5.74, 6) is -1.04. The Morgan fingerprint density at radius 3 is 2.65 bits per heavy atom. The van der Waals surface area contributed by atoms with Crippen molar-refractivity contribution in [2.75, 3.05) is 10.8 Å². The molecule has 8 heteroatoms. The number of carboxylic acids is 1. The first-order chi connectivity index (χ1) is 10.8. The van der Waals surface area contributed by atoms with Crippen LogP contribution in [0.2, 0.25) is 0 Å². The topological polar surface area (TPSA) is 92.5 Å². The second-order valence-corrected chi connectivity index (χ2v) is 7.36. The zero-order valence-corrected chi connectivity index (χ0v) is 13.6. The molecule has 2 heterocycles. The lowest BCUT2D eigenvalue weighted by Gasteiger charge is -2.32. The molecule has 7 nitrogen and oxygen atoms in total. The van der Waals surface area contributed by atoms with Gasteiger partial charge in [-0.05, 0) is 25.0 Å². The Balaban J connectivity index is 2.10. The standard InChI is InChI=1S/C15H17N3O4S/c1-10-16-14(9-17(10)2)23(21,22)18-8-7-12(15(19)20)11-5-3-4-6-13(11)18/h3-6,9,12H,7-8H2,1-2H3,(H,19,20). The number of aliphatic carboxylic acids is 1. The number of sulfonamides is 1. The molecule has 1 atom stereocenters. The van der Waals surface area contributed by atoms with Crippen LogP contribution in [0.15, 0.2) is 35.5 Å². The third-order valence-corrected chi connectivity index (χ3v) is 5.83. The largest absolute Gasteiger partial charge is 0.481 e. The lowest BCUT2D eigenvalue weighted by atomic mass is 9.91. The van der Waals surface area contributed by atoms with Crippen molar-refractivity contribution in [2.45, 2.75) is 24.3 Å². The van der Waals surface area contributed by atoms with Crippen molar-refractivity contribution in [3.8, 4) is 0 Å². The maximum absolute atomic E-state index is 12.9. The zero-order chi connectivity index (χ0) is 16.8. The first-order valence-electron chi connectivity index (χ1n) is 7.17. The predicted octanol–water partition coefficient (Wildman–Crippen LogP) is 1.50.